The summed E-state index contributed by atoms with van der Waals surface area (Å²) in [6.45, 7) is 0. The lowest BCUT2D eigenvalue weighted by atomic mass is 10.2. The minimum absolute atomic E-state index is 0.0833. The molecule has 0 aromatic heterocycles. The minimum Gasteiger partial charge on any atom is -0.321 e. The molecule has 0 fully saturated rings. The Labute approximate surface area is 173 Å². The van der Waals surface area contributed by atoms with Crippen LogP contribution in [0.4, 0.5) is 11.4 Å². The first kappa shape index (κ1) is 20.2. The summed E-state index contributed by atoms with van der Waals surface area (Å²) in [4.78, 5) is 12.5. The van der Waals surface area contributed by atoms with Crippen molar-refractivity contribution in [3.05, 3.63) is 88.4 Å². The van der Waals surface area contributed by atoms with Gasteiger partial charge in [-0.3, -0.25) is 9.10 Å². The van der Waals surface area contributed by atoms with Crippen LogP contribution in [-0.4, -0.2) is 21.4 Å². The Balaban J connectivity index is 1.80. The van der Waals surface area contributed by atoms with Crippen LogP contribution in [-0.2, 0) is 10.0 Å². The van der Waals surface area contributed by atoms with E-state index in [0.29, 0.717) is 27.0 Å². The number of para-hydroxylation sites is 1. The average molecular weight is 435 g/mol. The molecular weight excluding hydrogens is 419 g/mol. The van der Waals surface area contributed by atoms with Crippen molar-refractivity contribution in [1.29, 1.82) is 0 Å². The highest BCUT2D eigenvalue weighted by atomic mass is 35.5. The number of carbonyl (C=O) groups excluding carboxylic acids is 1. The zero-order chi connectivity index (χ0) is 20.3. The van der Waals surface area contributed by atoms with Crippen LogP contribution < -0.4 is 9.62 Å². The van der Waals surface area contributed by atoms with Gasteiger partial charge in [0.15, 0.2) is 0 Å². The standard InChI is InChI=1S/C20H16Cl2N2O3S/c1-24(16-5-3-2-4-6-16)28(26,27)17-10-7-14(8-11-17)20(25)23-19-12-9-15(21)13-18(19)22/h2-13H,1H3,(H,23,25). The summed E-state index contributed by atoms with van der Waals surface area (Å²) in [5.41, 5.74) is 1.26. The maximum absolute atomic E-state index is 12.8. The largest absolute Gasteiger partial charge is 0.321 e. The van der Waals surface area contributed by atoms with Gasteiger partial charge in [-0.25, -0.2) is 8.42 Å². The molecule has 3 aromatic rings. The molecule has 0 unspecified atom stereocenters. The molecule has 144 valence electrons. The first-order valence-corrected chi connectivity index (χ1v) is 10.4. The van der Waals surface area contributed by atoms with Crippen molar-refractivity contribution in [3.8, 4) is 0 Å². The second kappa shape index (κ2) is 8.22. The molecule has 1 amide bonds. The Kier molecular flexibility index (Phi) is 5.93. The van der Waals surface area contributed by atoms with Gasteiger partial charge in [-0.1, -0.05) is 41.4 Å². The van der Waals surface area contributed by atoms with Crippen LogP contribution in [0.2, 0.25) is 10.0 Å². The van der Waals surface area contributed by atoms with Gasteiger partial charge in [-0.2, -0.15) is 0 Å². The highest BCUT2D eigenvalue weighted by Crippen LogP contribution is 2.26. The summed E-state index contributed by atoms with van der Waals surface area (Å²) in [5, 5.41) is 3.44. The molecule has 0 radical (unpaired) electrons. The molecule has 3 aromatic carbocycles. The number of rotatable bonds is 5. The van der Waals surface area contributed by atoms with Crippen molar-refractivity contribution in [3.63, 3.8) is 0 Å². The summed E-state index contributed by atoms with van der Waals surface area (Å²) in [5.74, 6) is -0.412. The van der Waals surface area contributed by atoms with Crippen LogP contribution in [0.3, 0.4) is 0 Å². The normalized spacial score (nSPS) is 11.1. The third-order valence-electron chi connectivity index (χ3n) is 4.07. The van der Waals surface area contributed by atoms with E-state index in [1.165, 1.54) is 41.7 Å². The second-order valence-corrected chi connectivity index (χ2v) is 8.72. The van der Waals surface area contributed by atoms with Crippen LogP contribution in [0, 0.1) is 0 Å². The monoisotopic (exact) mass is 434 g/mol. The van der Waals surface area contributed by atoms with E-state index in [1.54, 1.807) is 36.4 Å². The number of carbonyl (C=O) groups is 1. The molecule has 0 saturated carbocycles. The third kappa shape index (κ3) is 4.30. The smallest absolute Gasteiger partial charge is 0.264 e. The van der Waals surface area contributed by atoms with E-state index >= 15 is 0 Å². The van der Waals surface area contributed by atoms with Gasteiger partial charge in [0.1, 0.15) is 0 Å². The summed E-state index contributed by atoms with van der Waals surface area (Å²) >= 11 is 11.9. The van der Waals surface area contributed by atoms with Crippen molar-refractivity contribution in [2.45, 2.75) is 4.90 Å². The maximum Gasteiger partial charge on any atom is 0.264 e. The maximum atomic E-state index is 12.8. The lowest BCUT2D eigenvalue weighted by Crippen LogP contribution is -2.26. The number of nitrogens with one attached hydrogen (secondary N) is 1. The Bertz CT molecular complexity index is 1100. The number of halogens is 2. The van der Waals surface area contributed by atoms with Gasteiger partial charge in [0.25, 0.3) is 15.9 Å². The molecule has 0 heterocycles. The molecule has 0 aliphatic heterocycles. The van der Waals surface area contributed by atoms with Crippen molar-refractivity contribution < 1.29 is 13.2 Å². The highest BCUT2D eigenvalue weighted by Gasteiger charge is 2.21. The fraction of sp³-hybridized carbons (Fsp3) is 0.0500. The Hall–Kier alpha value is -2.54. The fourth-order valence-corrected chi connectivity index (χ4v) is 4.15. The van der Waals surface area contributed by atoms with Crippen molar-refractivity contribution in [2.24, 2.45) is 0 Å². The summed E-state index contributed by atoms with van der Waals surface area (Å²) in [6.07, 6.45) is 0. The molecule has 0 aliphatic carbocycles. The molecule has 0 aliphatic rings. The van der Waals surface area contributed by atoms with Crippen LogP contribution in [0.1, 0.15) is 10.4 Å². The number of anilines is 2. The number of amides is 1. The predicted octanol–water partition coefficient (Wildman–Crippen LogP) is 5.07. The van der Waals surface area contributed by atoms with E-state index in [1.807, 2.05) is 6.07 Å². The molecule has 5 nitrogen and oxygen atoms in total. The summed E-state index contributed by atoms with van der Waals surface area (Å²) in [6, 6.07) is 19.2. The number of hydrogen-bond donors (Lipinski definition) is 1. The SMILES string of the molecule is CN(c1ccccc1)S(=O)(=O)c1ccc(C(=O)Nc2ccc(Cl)cc2Cl)cc1. The predicted molar refractivity (Wildman–Crippen MR) is 113 cm³/mol. The summed E-state index contributed by atoms with van der Waals surface area (Å²) < 4.78 is 26.7. The van der Waals surface area contributed by atoms with E-state index in [4.69, 9.17) is 23.2 Å². The van der Waals surface area contributed by atoms with Gasteiger partial charge in [-0.05, 0) is 54.6 Å². The van der Waals surface area contributed by atoms with Crippen molar-refractivity contribution >= 4 is 50.5 Å². The topological polar surface area (TPSA) is 66.5 Å². The molecule has 3 rings (SSSR count). The Morgan fingerprint density at radius 3 is 2.18 bits per heavy atom. The van der Waals surface area contributed by atoms with E-state index < -0.39 is 15.9 Å². The van der Waals surface area contributed by atoms with Gasteiger partial charge in [0, 0.05) is 17.6 Å². The quantitative estimate of drug-likeness (QED) is 0.609. The first-order chi connectivity index (χ1) is 13.3. The van der Waals surface area contributed by atoms with Crippen LogP contribution in [0.25, 0.3) is 0 Å². The first-order valence-electron chi connectivity index (χ1n) is 8.19. The zero-order valence-electron chi connectivity index (χ0n) is 14.8. The van der Waals surface area contributed by atoms with Crippen molar-refractivity contribution in [1.82, 2.24) is 0 Å². The molecule has 0 saturated heterocycles. The van der Waals surface area contributed by atoms with Gasteiger partial charge in [-0.15, -0.1) is 0 Å². The van der Waals surface area contributed by atoms with Gasteiger partial charge < -0.3 is 5.32 Å². The van der Waals surface area contributed by atoms with E-state index in [0.717, 1.165) is 0 Å². The highest BCUT2D eigenvalue weighted by molar-refractivity contribution is 7.92. The number of sulfonamides is 1. The number of benzene rings is 3. The van der Waals surface area contributed by atoms with Crippen LogP contribution >= 0.6 is 23.2 Å². The zero-order valence-corrected chi connectivity index (χ0v) is 17.1. The van der Waals surface area contributed by atoms with Gasteiger partial charge in [0.05, 0.1) is 21.3 Å². The molecule has 28 heavy (non-hydrogen) atoms. The van der Waals surface area contributed by atoms with Gasteiger partial charge >= 0.3 is 0 Å². The molecule has 0 spiro atoms. The fourth-order valence-electron chi connectivity index (χ4n) is 2.50. The molecule has 8 heteroatoms. The lowest BCUT2D eigenvalue weighted by molar-refractivity contribution is 0.102. The summed E-state index contributed by atoms with van der Waals surface area (Å²) in [7, 11) is -2.26. The second-order valence-electron chi connectivity index (χ2n) is 5.91. The van der Waals surface area contributed by atoms with Crippen LogP contribution in [0.5, 0.6) is 0 Å². The van der Waals surface area contributed by atoms with Gasteiger partial charge in [0.2, 0.25) is 0 Å². The molecule has 0 bridgehead atoms. The molecule has 1 N–H and O–H groups in total. The minimum atomic E-state index is -3.74. The van der Waals surface area contributed by atoms with Crippen LogP contribution in [0.15, 0.2) is 77.7 Å². The Morgan fingerprint density at radius 1 is 0.929 bits per heavy atom. The van der Waals surface area contributed by atoms with E-state index in [-0.39, 0.29) is 4.90 Å². The third-order valence-corrected chi connectivity index (χ3v) is 6.42. The number of nitrogens with zero attached hydrogens (tertiary/aromatic N) is 1. The molecular formula is C20H16Cl2N2O3S. The number of hydrogen-bond acceptors (Lipinski definition) is 3. The van der Waals surface area contributed by atoms with E-state index in [9.17, 15) is 13.2 Å². The Morgan fingerprint density at radius 2 is 1.57 bits per heavy atom. The van der Waals surface area contributed by atoms with Crippen molar-refractivity contribution in [2.75, 3.05) is 16.7 Å². The van der Waals surface area contributed by atoms with E-state index in [2.05, 4.69) is 5.32 Å². The lowest BCUT2D eigenvalue weighted by Gasteiger charge is -2.19. The molecule has 0 atom stereocenters. The average Bonchev–Trinajstić information content (AvgIpc) is 2.70.